The third kappa shape index (κ3) is 2.48. The number of rotatable bonds is 3. The third-order valence-corrected chi connectivity index (χ3v) is 2.69. The molecule has 0 saturated heterocycles. The van der Waals surface area contributed by atoms with Crippen molar-refractivity contribution in [1.82, 2.24) is 9.78 Å². The van der Waals surface area contributed by atoms with Gasteiger partial charge in [-0.25, -0.2) is 4.39 Å². The molecular weight excluding hydrogens is 231 g/mol. The molecule has 1 heterocycles. The van der Waals surface area contributed by atoms with Crippen LogP contribution in [0.3, 0.4) is 0 Å². The molecule has 4 nitrogen and oxygen atoms in total. The number of nitrogens with one attached hydrogen (secondary N) is 1. The van der Waals surface area contributed by atoms with E-state index in [-0.39, 0.29) is 11.6 Å². The molecule has 92 valence electrons. The van der Waals surface area contributed by atoms with Crippen LogP contribution >= 0.6 is 0 Å². The fourth-order valence-corrected chi connectivity index (χ4v) is 1.70. The predicted octanol–water partition coefficient (Wildman–Crippen LogP) is 2.60. The Morgan fingerprint density at radius 3 is 2.89 bits per heavy atom. The molecule has 0 spiro atoms. The second-order valence-electron chi connectivity index (χ2n) is 4.12. The summed E-state index contributed by atoms with van der Waals surface area (Å²) >= 11 is 0. The first-order chi connectivity index (χ1) is 8.60. The van der Waals surface area contributed by atoms with Crippen LogP contribution in [-0.4, -0.2) is 9.78 Å². The van der Waals surface area contributed by atoms with Crippen LogP contribution in [0.2, 0.25) is 0 Å². The fourth-order valence-electron chi connectivity index (χ4n) is 1.70. The first kappa shape index (κ1) is 12.1. The van der Waals surface area contributed by atoms with Gasteiger partial charge in [-0.3, -0.25) is 4.68 Å². The van der Waals surface area contributed by atoms with Crippen molar-refractivity contribution in [2.24, 2.45) is 7.05 Å². The summed E-state index contributed by atoms with van der Waals surface area (Å²) < 4.78 is 14.9. The number of benzene rings is 1. The molecule has 0 aliphatic heterocycles. The largest absolute Gasteiger partial charge is 0.378 e. The lowest BCUT2D eigenvalue weighted by molar-refractivity contribution is 0.624. The minimum Gasteiger partial charge on any atom is -0.378 e. The Kier molecular flexibility index (Phi) is 3.28. The van der Waals surface area contributed by atoms with Crippen molar-refractivity contribution in [3.8, 4) is 6.07 Å². The van der Waals surface area contributed by atoms with Crippen molar-refractivity contribution in [1.29, 1.82) is 5.26 Å². The highest BCUT2D eigenvalue weighted by Crippen LogP contribution is 2.20. The summed E-state index contributed by atoms with van der Waals surface area (Å²) in [6, 6.07) is 6.26. The van der Waals surface area contributed by atoms with Crippen LogP contribution < -0.4 is 5.32 Å². The molecule has 2 rings (SSSR count). The second-order valence-corrected chi connectivity index (χ2v) is 4.12. The van der Waals surface area contributed by atoms with E-state index in [0.29, 0.717) is 5.69 Å². The van der Waals surface area contributed by atoms with Crippen molar-refractivity contribution in [2.75, 3.05) is 5.32 Å². The quantitative estimate of drug-likeness (QED) is 0.902. The summed E-state index contributed by atoms with van der Waals surface area (Å²) in [5.41, 5.74) is 1.78. The Labute approximate surface area is 105 Å². The SMILES string of the molecule is CC(Nc1ccc(F)c(C#N)c1)c1cnn(C)c1. The molecule has 5 heteroatoms. The summed E-state index contributed by atoms with van der Waals surface area (Å²) in [7, 11) is 1.85. The monoisotopic (exact) mass is 244 g/mol. The minimum atomic E-state index is -0.503. The van der Waals surface area contributed by atoms with Gasteiger partial charge < -0.3 is 5.32 Å². The normalized spacial score (nSPS) is 11.9. The van der Waals surface area contributed by atoms with Crippen molar-refractivity contribution in [2.45, 2.75) is 13.0 Å². The highest BCUT2D eigenvalue weighted by atomic mass is 19.1. The Balaban J connectivity index is 2.17. The number of nitrogens with zero attached hydrogens (tertiary/aromatic N) is 3. The van der Waals surface area contributed by atoms with Gasteiger partial charge in [0.15, 0.2) is 0 Å². The average molecular weight is 244 g/mol. The molecule has 0 aliphatic carbocycles. The topological polar surface area (TPSA) is 53.6 Å². The second kappa shape index (κ2) is 4.88. The minimum absolute atomic E-state index is 0.0377. The molecular formula is C13H13FN4. The number of hydrogen-bond acceptors (Lipinski definition) is 3. The Morgan fingerprint density at radius 2 is 2.28 bits per heavy atom. The number of aryl methyl sites for hydroxylation is 1. The number of aromatic nitrogens is 2. The maximum absolute atomic E-state index is 13.2. The Hall–Kier alpha value is -2.35. The van der Waals surface area contributed by atoms with Gasteiger partial charge in [-0.15, -0.1) is 0 Å². The van der Waals surface area contributed by atoms with Crippen LogP contribution in [-0.2, 0) is 7.05 Å². The Morgan fingerprint density at radius 1 is 1.50 bits per heavy atom. The molecule has 0 aliphatic rings. The van der Waals surface area contributed by atoms with Gasteiger partial charge in [0.25, 0.3) is 0 Å². The lowest BCUT2D eigenvalue weighted by Crippen LogP contribution is -2.06. The van der Waals surface area contributed by atoms with Gasteiger partial charge in [0, 0.05) is 24.5 Å². The molecule has 1 unspecified atom stereocenters. The van der Waals surface area contributed by atoms with Gasteiger partial charge >= 0.3 is 0 Å². The van der Waals surface area contributed by atoms with Crippen LogP contribution in [0.4, 0.5) is 10.1 Å². The number of anilines is 1. The predicted molar refractivity (Wildman–Crippen MR) is 66.4 cm³/mol. The summed E-state index contributed by atoms with van der Waals surface area (Å²) in [6.45, 7) is 1.98. The molecule has 1 aromatic heterocycles. The van der Waals surface area contributed by atoms with Crippen LogP contribution in [0, 0.1) is 17.1 Å². The lowest BCUT2D eigenvalue weighted by Gasteiger charge is -2.13. The molecule has 18 heavy (non-hydrogen) atoms. The molecule has 0 saturated carbocycles. The summed E-state index contributed by atoms with van der Waals surface area (Å²) in [5, 5.41) is 16.1. The molecule has 0 radical (unpaired) electrons. The van der Waals surface area contributed by atoms with Gasteiger partial charge in [-0.1, -0.05) is 0 Å². The van der Waals surface area contributed by atoms with Crippen LogP contribution in [0.15, 0.2) is 30.6 Å². The fraction of sp³-hybridized carbons (Fsp3) is 0.231. The number of nitriles is 1. The molecule has 1 aromatic carbocycles. The van der Waals surface area contributed by atoms with Gasteiger partial charge in [-0.05, 0) is 25.1 Å². The first-order valence-electron chi connectivity index (χ1n) is 5.55. The van der Waals surface area contributed by atoms with Gasteiger partial charge in [0.05, 0.1) is 17.8 Å². The number of hydrogen-bond donors (Lipinski definition) is 1. The molecule has 0 fully saturated rings. The average Bonchev–Trinajstić information content (AvgIpc) is 2.78. The van der Waals surface area contributed by atoms with E-state index in [0.717, 1.165) is 5.56 Å². The smallest absolute Gasteiger partial charge is 0.141 e. The first-order valence-corrected chi connectivity index (χ1v) is 5.55. The highest BCUT2D eigenvalue weighted by Gasteiger charge is 2.09. The van der Waals surface area contributed by atoms with E-state index in [2.05, 4.69) is 10.4 Å². The zero-order valence-corrected chi connectivity index (χ0v) is 10.2. The lowest BCUT2D eigenvalue weighted by atomic mass is 10.1. The van der Waals surface area contributed by atoms with Gasteiger partial charge in [0.2, 0.25) is 0 Å². The third-order valence-electron chi connectivity index (χ3n) is 2.69. The molecule has 1 atom stereocenters. The summed E-state index contributed by atoms with van der Waals surface area (Å²) in [6.07, 6.45) is 3.68. The van der Waals surface area contributed by atoms with E-state index >= 15 is 0 Å². The summed E-state index contributed by atoms with van der Waals surface area (Å²) in [4.78, 5) is 0. The van der Waals surface area contributed by atoms with Gasteiger partial charge in [0.1, 0.15) is 11.9 Å². The zero-order chi connectivity index (χ0) is 13.1. The van der Waals surface area contributed by atoms with Crippen molar-refractivity contribution in [3.05, 3.63) is 47.5 Å². The van der Waals surface area contributed by atoms with Crippen molar-refractivity contribution < 1.29 is 4.39 Å². The summed E-state index contributed by atoms with van der Waals surface area (Å²) in [5.74, 6) is -0.503. The van der Waals surface area contributed by atoms with Crippen LogP contribution in [0.25, 0.3) is 0 Å². The van der Waals surface area contributed by atoms with E-state index in [1.54, 1.807) is 16.9 Å². The molecule has 2 aromatic rings. The highest BCUT2D eigenvalue weighted by molar-refractivity contribution is 5.51. The van der Waals surface area contributed by atoms with Crippen LogP contribution in [0.1, 0.15) is 24.1 Å². The van der Waals surface area contributed by atoms with E-state index in [1.165, 1.54) is 12.1 Å². The maximum atomic E-state index is 13.2. The number of halogens is 1. The van der Waals surface area contributed by atoms with E-state index in [4.69, 9.17) is 5.26 Å². The van der Waals surface area contributed by atoms with Crippen LogP contribution in [0.5, 0.6) is 0 Å². The standard InChI is InChI=1S/C13H13FN4/c1-9(11-7-16-18(2)8-11)17-12-3-4-13(14)10(5-12)6-15/h3-5,7-9,17H,1-2H3. The Bertz CT molecular complexity index is 597. The maximum Gasteiger partial charge on any atom is 0.141 e. The molecule has 0 amide bonds. The molecule has 0 bridgehead atoms. The van der Waals surface area contributed by atoms with E-state index in [1.807, 2.05) is 26.2 Å². The van der Waals surface area contributed by atoms with Crippen molar-refractivity contribution in [3.63, 3.8) is 0 Å². The van der Waals surface area contributed by atoms with E-state index in [9.17, 15) is 4.39 Å². The zero-order valence-electron chi connectivity index (χ0n) is 10.2. The van der Waals surface area contributed by atoms with Gasteiger partial charge in [-0.2, -0.15) is 10.4 Å². The van der Waals surface area contributed by atoms with Crippen molar-refractivity contribution >= 4 is 5.69 Å². The molecule has 1 N–H and O–H groups in total. The van der Waals surface area contributed by atoms with E-state index < -0.39 is 5.82 Å².